The Labute approximate surface area is 78.0 Å². The zero-order valence-corrected chi connectivity index (χ0v) is 8.93. The summed E-state index contributed by atoms with van der Waals surface area (Å²) in [6, 6.07) is 0. The molecule has 0 N–H and O–H groups in total. The molecule has 0 heterocycles. The van der Waals surface area contributed by atoms with Crippen molar-refractivity contribution < 1.29 is 0 Å². The molecule has 0 rings (SSSR count). The SMILES string of the molecule is C=C.C=C/C=C(C)\C=C/C.CC. The van der Waals surface area contributed by atoms with Crippen LogP contribution in [0, 0.1) is 0 Å². The minimum absolute atomic E-state index is 1.24. The van der Waals surface area contributed by atoms with Crippen LogP contribution in [0.1, 0.15) is 27.7 Å². The molecule has 0 spiro atoms. The molecule has 0 aromatic rings. The summed E-state index contributed by atoms with van der Waals surface area (Å²) in [4.78, 5) is 0. The Bertz CT molecular complexity index is 127. The van der Waals surface area contributed by atoms with Crippen LogP contribution >= 0.6 is 0 Å². The quantitative estimate of drug-likeness (QED) is 0.418. The van der Waals surface area contributed by atoms with Gasteiger partial charge in [0, 0.05) is 0 Å². The van der Waals surface area contributed by atoms with Gasteiger partial charge in [-0.2, -0.15) is 0 Å². The van der Waals surface area contributed by atoms with E-state index in [4.69, 9.17) is 0 Å². The summed E-state index contributed by atoms with van der Waals surface area (Å²) < 4.78 is 0. The van der Waals surface area contributed by atoms with E-state index in [1.807, 2.05) is 45.9 Å². The highest BCUT2D eigenvalue weighted by Gasteiger charge is 1.71. The van der Waals surface area contributed by atoms with Gasteiger partial charge in [0.25, 0.3) is 0 Å². The van der Waals surface area contributed by atoms with Crippen molar-refractivity contribution >= 4 is 0 Å². The lowest BCUT2D eigenvalue weighted by Crippen LogP contribution is -1.61. The van der Waals surface area contributed by atoms with E-state index < -0.39 is 0 Å². The average Bonchev–Trinajstić information content (AvgIpc) is 2.12. The fourth-order valence-corrected chi connectivity index (χ4v) is 0.504. The molecule has 0 fully saturated rings. The first-order chi connectivity index (χ1) is 5.81. The second-order valence-corrected chi connectivity index (χ2v) is 1.65. The first-order valence-electron chi connectivity index (χ1n) is 4.23. The minimum atomic E-state index is 1.24. The van der Waals surface area contributed by atoms with Gasteiger partial charge < -0.3 is 0 Å². The molecule has 0 saturated heterocycles. The Hall–Kier alpha value is -1.04. The van der Waals surface area contributed by atoms with E-state index in [9.17, 15) is 0 Å². The van der Waals surface area contributed by atoms with Gasteiger partial charge in [-0.05, 0) is 13.8 Å². The lowest BCUT2D eigenvalue weighted by atomic mass is 10.2. The van der Waals surface area contributed by atoms with Crippen LogP contribution in [-0.4, -0.2) is 0 Å². The maximum Gasteiger partial charge on any atom is -0.0398 e. The average molecular weight is 166 g/mol. The Morgan fingerprint density at radius 3 is 1.83 bits per heavy atom. The Morgan fingerprint density at radius 2 is 1.58 bits per heavy atom. The van der Waals surface area contributed by atoms with E-state index in [1.165, 1.54) is 5.57 Å². The first kappa shape index (κ1) is 17.2. The van der Waals surface area contributed by atoms with E-state index in [-0.39, 0.29) is 0 Å². The molecule has 0 saturated carbocycles. The maximum absolute atomic E-state index is 3.57. The summed E-state index contributed by atoms with van der Waals surface area (Å²) in [6.07, 6.45) is 7.81. The van der Waals surface area contributed by atoms with Gasteiger partial charge in [0.05, 0.1) is 0 Å². The van der Waals surface area contributed by atoms with Crippen LogP contribution in [-0.2, 0) is 0 Å². The van der Waals surface area contributed by atoms with Gasteiger partial charge in [-0.1, -0.05) is 50.3 Å². The number of allylic oxidation sites excluding steroid dienone is 5. The molecule has 0 heteroatoms. The largest absolute Gasteiger partial charge is 0.106 e. The molecule has 0 radical (unpaired) electrons. The minimum Gasteiger partial charge on any atom is -0.106 e. The standard InChI is InChI=1S/C8H12.C2H6.C2H4/c1-4-6-8(3)7-5-2;2*1-2/h4-7H,1H2,2-3H3;1-2H3;1-2H2/b7-5-,8-6-;;. The molecule has 0 aliphatic heterocycles. The molecule has 0 unspecified atom stereocenters. The van der Waals surface area contributed by atoms with Crippen molar-refractivity contribution in [3.63, 3.8) is 0 Å². The van der Waals surface area contributed by atoms with E-state index in [0.29, 0.717) is 0 Å². The topological polar surface area (TPSA) is 0 Å². The summed E-state index contributed by atoms with van der Waals surface area (Å²) in [5, 5.41) is 0. The van der Waals surface area contributed by atoms with Crippen LogP contribution in [0.4, 0.5) is 0 Å². The number of rotatable bonds is 2. The molecule has 12 heavy (non-hydrogen) atoms. The lowest BCUT2D eigenvalue weighted by Gasteiger charge is -1.82. The van der Waals surface area contributed by atoms with Gasteiger partial charge in [0.15, 0.2) is 0 Å². The molecule has 0 nitrogen and oxygen atoms in total. The van der Waals surface area contributed by atoms with Crippen molar-refractivity contribution in [3.05, 3.63) is 49.6 Å². The summed E-state index contributed by atoms with van der Waals surface area (Å²) in [6.45, 7) is 17.6. The van der Waals surface area contributed by atoms with E-state index >= 15 is 0 Å². The third-order valence-electron chi connectivity index (χ3n) is 0.810. The lowest BCUT2D eigenvalue weighted by molar-refractivity contribution is 1.50. The highest BCUT2D eigenvalue weighted by Crippen LogP contribution is 1.92. The second kappa shape index (κ2) is 22.5. The van der Waals surface area contributed by atoms with Crippen LogP contribution in [0.2, 0.25) is 0 Å². The third-order valence-corrected chi connectivity index (χ3v) is 0.810. The van der Waals surface area contributed by atoms with Crippen molar-refractivity contribution in [2.24, 2.45) is 0 Å². The smallest absolute Gasteiger partial charge is 0.0398 e. The van der Waals surface area contributed by atoms with Gasteiger partial charge >= 0.3 is 0 Å². The molecule has 0 atom stereocenters. The molecule has 0 aromatic carbocycles. The highest BCUT2D eigenvalue weighted by molar-refractivity contribution is 5.19. The maximum atomic E-state index is 3.57. The van der Waals surface area contributed by atoms with Crippen LogP contribution in [0.5, 0.6) is 0 Å². The predicted octanol–water partition coefficient (Wildman–Crippen LogP) is 4.52. The van der Waals surface area contributed by atoms with Crippen LogP contribution in [0.15, 0.2) is 49.6 Å². The van der Waals surface area contributed by atoms with Crippen molar-refractivity contribution in [1.82, 2.24) is 0 Å². The van der Waals surface area contributed by atoms with E-state index in [0.717, 1.165) is 0 Å². The molecule has 0 amide bonds. The summed E-state index contributed by atoms with van der Waals surface area (Å²) >= 11 is 0. The normalized spacial score (nSPS) is 9.17. The van der Waals surface area contributed by atoms with Crippen molar-refractivity contribution in [1.29, 1.82) is 0 Å². The molecule has 0 aliphatic rings. The molecular formula is C12H22. The number of hydrogen-bond donors (Lipinski definition) is 0. The Kier molecular flexibility index (Phi) is 32.2. The van der Waals surface area contributed by atoms with Gasteiger partial charge in [-0.15, -0.1) is 13.2 Å². The molecule has 70 valence electrons. The highest BCUT2D eigenvalue weighted by atomic mass is 13.8. The van der Waals surface area contributed by atoms with E-state index in [1.54, 1.807) is 6.08 Å². The predicted molar refractivity (Wildman–Crippen MR) is 61.4 cm³/mol. The molecule has 0 aromatic heterocycles. The van der Waals surface area contributed by atoms with Crippen molar-refractivity contribution in [2.75, 3.05) is 0 Å². The second-order valence-electron chi connectivity index (χ2n) is 1.65. The summed E-state index contributed by atoms with van der Waals surface area (Å²) in [5.74, 6) is 0. The molecular weight excluding hydrogens is 144 g/mol. The zero-order chi connectivity index (χ0) is 10.4. The first-order valence-corrected chi connectivity index (χ1v) is 4.23. The fraction of sp³-hybridized carbons (Fsp3) is 0.333. The summed E-state index contributed by atoms with van der Waals surface area (Å²) in [5.41, 5.74) is 1.24. The fourth-order valence-electron chi connectivity index (χ4n) is 0.504. The monoisotopic (exact) mass is 166 g/mol. The Balaban J connectivity index is -0.000000175. The van der Waals surface area contributed by atoms with E-state index in [2.05, 4.69) is 19.7 Å². The third kappa shape index (κ3) is 23.1. The molecule has 0 bridgehead atoms. The van der Waals surface area contributed by atoms with Crippen LogP contribution < -0.4 is 0 Å². The molecule has 0 aliphatic carbocycles. The van der Waals surface area contributed by atoms with Crippen molar-refractivity contribution in [2.45, 2.75) is 27.7 Å². The van der Waals surface area contributed by atoms with Gasteiger partial charge in [-0.25, -0.2) is 0 Å². The Morgan fingerprint density at radius 1 is 1.17 bits per heavy atom. The van der Waals surface area contributed by atoms with Gasteiger partial charge in [0.2, 0.25) is 0 Å². The van der Waals surface area contributed by atoms with Gasteiger partial charge in [0.1, 0.15) is 0 Å². The zero-order valence-electron chi connectivity index (χ0n) is 8.93. The van der Waals surface area contributed by atoms with Crippen LogP contribution in [0.25, 0.3) is 0 Å². The van der Waals surface area contributed by atoms with Gasteiger partial charge in [-0.3, -0.25) is 0 Å². The van der Waals surface area contributed by atoms with Crippen molar-refractivity contribution in [3.8, 4) is 0 Å². The van der Waals surface area contributed by atoms with Crippen LogP contribution in [0.3, 0.4) is 0 Å². The summed E-state index contributed by atoms with van der Waals surface area (Å²) in [7, 11) is 0. The number of hydrogen-bond acceptors (Lipinski definition) is 0.